The van der Waals surface area contributed by atoms with Gasteiger partial charge in [-0.25, -0.2) is 0 Å². The molecule has 0 aliphatic carbocycles. The molecule has 1 fully saturated rings. The highest BCUT2D eigenvalue weighted by Gasteiger charge is 2.32. The van der Waals surface area contributed by atoms with Gasteiger partial charge in [0.2, 0.25) is 0 Å². The van der Waals surface area contributed by atoms with E-state index in [4.69, 9.17) is 4.74 Å². The number of hydrogen-bond donors (Lipinski definition) is 2. The molecule has 8 heteroatoms. The van der Waals surface area contributed by atoms with Crippen LogP contribution in [0.3, 0.4) is 0 Å². The molecule has 0 radical (unpaired) electrons. The van der Waals surface area contributed by atoms with Gasteiger partial charge in [-0.05, 0) is 13.8 Å². The molecule has 3 atom stereocenters. The number of thiophene rings is 1. The van der Waals surface area contributed by atoms with Crippen LogP contribution in [0.2, 0.25) is 0 Å². The Kier molecular flexibility index (Phi) is 4.59. The van der Waals surface area contributed by atoms with Gasteiger partial charge >= 0.3 is 5.69 Å². The van der Waals surface area contributed by atoms with E-state index in [-0.39, 0.29) is 24.4 Å². The van der Waals surface area contributed by atoms with Crippen molar-refractivity contribution in [3.8, 4) is 0 Å². The van der Waals surface area contributed by atoms with Crippen LogP contribution in [0.15, 0.2) is 6.07 Å². The summed E-state index contributed by atoms with van der Waals surface area (Å²) in [5.74, 6) is 0. The molecule has 7 nitrogen and oxygen atoms in total. The number of ether oxygens (including phenoxy) is 1. The number of nitrogens with zero attached hydrogens (tertiary/aromatic N) is 2. The Morgan fingerprint density at radius 2 is 2.40 bits per heavy atom. The van der Waals surface area contributed by atoms with Crippen molar-refractivity contribution < 1.29 is 19.9 Å². The van der Waals surface area contributed by atoms with Gasteiger partial charge in [0.25, 0.3) is 0 Å². The minimum atomic E-state index is -0.738. The first-order valence-electron chi connectivity index (χ1n) is 6.39. The molecule has 20 heavy (non-hydrogen) atoms. The quantitative estimate of drug-likeness (QED) is 0.643. The van der Waals surface area contributed by atoms with Crippen molar-refractivity contribution in [1.82, 2.24) is 0 Å². The molecule has 1 aromatic rings. The fraction of sp³-hybridized carbons (Fsp3) is 0.667. The summed E-state index contributed by atoms with van der Waals surface area (Å²) in [5, 5.41) is 30.5. The Hall–Kier alpha value is -1.22. The highest BCUT2D eigenvalue weighted by molar-refractivity contribution is 7.16. The maximum atomic E-state index is 11.2. The predicted molar refractivity (Wildman–Crippen MR) is 75.2 cm³/mol. The van der Waals surface area contributed by atoms with Gasteiger partial charge in [0.15, 0.2) is 5.00 Å². The number of nitro groups is 1. The summed E-state index contributed by atoms with van der Waals surface area (Å²) in [6.07, 6.45) is -1.08. The predicted octanol–water partition coefficient (Wildman–Crippen LogP) is 1.30. The number of aliphatic hydroxyl groups is 2. The summed E-state index contributed by atoms with van der Waals surface area (Å²) < 4.78 is 5.44. The molecule has 1 aliphatic rings. The molecule has 2 N–H and O–H groups in total. The summed E-state index contributed by atoms with van der Waals surface area (Å²) in [5.41, 5.74) is -0.00339. The third-order valence-electron chi connectivity index (χ3n) is 3.29. The highest BCUT2D eigenvalue weighted by atomic mass is 32.1. The number of morpholine rings is 1. The van der Waals surface area contributed by atoms with Crippen molar-refractivity contribution in [3.63, 3.8) is 0 Å². The molecule has 2 rings (SSSR count). The van der Waals surface area contributed by atoms with Gasteiger partial charge in [0.05, 0.1) is 36.4 Å². The van der Waals surface area contributed by atoms with Gasteiger partial charge in [0, 0.05) is 17.5 Å². The van der Waals surface area contributed by atoms with Gasteiger partial charge in [-0.1, -0.05) is 0 Å². The second-order valence-electron chi connectivity index (χ2n) is 4.91. The number of anilines is 1. The molecule has 2 heterocycles. The summed E-state index contributed by atoms with van der Waals surface area (Å²) in [7, 11) is 0. The molecule has 0 amide bonds. The normalized spacial score (nSPS) is 24.7. The second kappa shape index (κ2) is 6.04. The summed E-state index contributed by atoms with van der Waals surface area (Å²) in [6.45, 7) is 4.19. The monoisotopic (exact) mass is 302 g/mol. The van der Waals surface area contributed by atoms with Gasteiger partial charge in [-0.2, -0.15) is 0 Å². The summed E-state index contributed by atoms with van der Waals surface area (Å²) >= 11 is 1.22. The molecule has 0 saturated carbocycles. The van der Waals surface area contributed by atoms with E-state index >= 15 is 0 Å². The molecular formula is C12H18N2O5S. The van der Waals surface area contributed by atoms with Crippen molar-refractivity contribution in [2.24, 2.45) is 0 Å². The largest absolute Gasteiger partial charge is 0.394 e. The molecule has 2 unspecified atom stereocenters. The van der Waals surface area contributed by atoms with Crippen molar-refractivity contribution in [3.05, 3.63) is 21.1 Å². The van der Waals surface area contributed by atoms with Crippen LogP contribution < -0.4 is 4.90 Å². The molecule has 1 aromatic heterocycles. The summed E-state index contributed by atoms with van der Waals surface area (Å²) in [6, 6.07) is 1.40. The van der Waals surface area contributed by atoms with E-state index in [0.29, 0.717) is 23.0 Å². The summed E-state index contributed by atoms with van der Waals surface area (Å²) in [4.78, 5) is 13.2. The highest BCUT2D eigenvalue weighted by Crippen LogP contribution is 2.41. The lowest BCUT2D eigenvalue weighted by atomic mass is 10.2. The van der Waals surface area contributed by atoms with Crippen molar-refractivity contribution in [2.75, 3.05) is 24.7 Å². The van der Waals surface area contributed by atoms with Gasteiger partial charge < -0.3 is 19.8 Å². The zero-order valence-electron chi connectivity index (χ0n) is 11.4. The SMILES string of the molecule is CC1COC(CO)CN1c1sc([C@@H](C)O)cc1[N+](=O)[O-]. The van der Waals surface area contributed by atoms with Crippen molar-refractivity contribution in [1.29, 1.82) is 0 Å². The Morgan fingerprint density at radius 3 is 2.95 bits per heavy atom. The minimum absolute atomic E-state index is 0.00339. The Labute approximate surface area is 120 Å². The lowest BCUT2D eigenvalue weighted by Gasteiger charge is -2.37. The first kappa shape index (κ1) is 15.2. The first-order valence-corrected chi connectivity index (χ1v) is 7.21. The van der Waals surface area contributed by atoms with E-state index in [0.717, 1.165) is 0 Å². The van der Waals surface area contributed by atoms with E-state index in [1.165, 1.54) is 17.4 Å². The Balaban J connectivity index is 2.36. The maximum Gasteiger partial charge on any atom is 0.304 e. The smallest absolute Gasteiger partial charge is 0.304 e. The van der Waals surface area contributed by atoms with Crippen LogP contribution in [-0.2, 0) is 4.74 Å². The maximum absolute atomic E-state index is 11.2. The van der Waals surface area contributed by atoms with Gasteiger partial charge in [-0.15, -0.1) is 11.3 Å². The van der Waals surface area contributed by atoms with Crippen LogP contribution in [0.5, 0.6) is 0 Å². The first-order chi connectivity index (χ1) is 9.43. The van der Waals surface area contributed by atoms with Crippen LogP contribution in [0, 0.1) is 10.1 Å². The van der Waals surface area contributed by atoms with E-state index in [9.17, 15) is 20.3 Å². The second-order valence-corrected chi connectivity index (χ2v) is 5.97. The number of hydrogen-bond acceptors (Lipinski definition) is 7. The fourth-order valence-corrected chi connectivity index (χ4v) is 3.32. The van der Waals surface area contributed by atoms with E-state index in [2.05, 4.69) is 0 Å². The van der Waals surface area contributed by atoms with Crippen LogP contribution in [0.1, 0.15) is 24.8 Å². The topological polar surface area (TPSA) is 96.1 Å². The third kappa shape index (κ3) is 2.93. The van der Waals surface area contributed by atoms with Gasteiger partial charge in [-0.3, -0.25) is 10.1 Å². The average Bonchev–Trinajstić information content (AvgIpc) is 2.84. The zero-order valence-corrected chi connectivity index (χ0v) is 12.2. The van der Waals surface area contributed by atoms with Crippen LogP contribution in [-0.4, -0.2) is 47.0 Å². The lowest BCUT2D eigenvalue weighted by molar-refractivity contribution is -0.383. The Bertz CT molecular complexity index is 490. The molecule has 0 bridgehead atoms. The molecular weight excluding hydrogens is 284 g/mol. The van der Waals surface area contributed by atoms with E-state index < -0.39 is 11.0 Å². The fourth-order valence-electron chi connectivity index (χ4n) is 2.14. The molecule has 1 saturated heterocycles. The van der Waals surface area contributed by atoms with Crippen LogP contribution in [0.4, 0.5) is 10.7 Å². The Morgan fingerprint density at radius 1 is 1.70 bits per heavy atom. The van der Waals surface area contributed by atoms with Gasteiger partial charge in [0.1, 0.15) is 0 Å². The zero-order chi connectivity index (χ0) is 14.9. The standard InChI is InChI=1S/C12H18N2O5S/c1-7-6-19-9(5-15)4-13(7)12-10(14(17)18)3-11(20-12)8(2)16/h3,7-9,15-16H,4-6H2,1-2H3/t7?,8-,9?/m1/s1. The van der Waals surface area contributed by atoms with Crippen molar-refractivity contribution >= 4 is 22.0 Å². The molecule has 112 valence electrons. The number of aliphatic hydroxyl groups excluding tert-OH is 2. The lowest BCUT2D eigenvalue weighted by Crippen LogP contribution is -2.49. The van der Waals surface area contributed by atoms with E-state index in [1.54, 1.807) is 6.92 Å². The molecule has 1 aliphatic heterocycles. The average molecular weight is 302 g/mol. The third-order valence-corrected chi connectivity index (χ3v) is 4.62. The van der Waals surface area contributed by atoms with Crippen LogP contribution >= 0.6 is 11.3 Å². The van der Waals surface area contributed by atoms with Crippen molar-refractivity contribution in [2.45, 2.75) is 32.1 Å². The number of rotatable bonds is 4. The molecule has 0 spiro atoms. The minimum Gasteiger partial charge on any atom is -0.394 e. The van der Waals surface area contributed by atoms with Crippen LogP contribution in [0.25, 0.3) is 0 Å². The van der Waals surface area contributed by atoms with E-state index in [1.807, 2.05) is 11.8 Å². The molecule has 0 aromatic carbocycles.